The van der Waals surface area contributed by atoms with Crippen LogP contribution in [0.1, 0.15) is 16.1 Å². The summed E-state index contributed by atoms with van der Waals surface area (Å²) in [4.78, 5) is 12.0. The van der Waals surface area contributed by atoms with Gasteiger partial charge in [0, 0.05) is 21.7 Å². The van der Waals surface area contributed by atoms with Gasteiger partial charge in [-0.1, -0.05) is 6.07 Å². The van der Waals surface area contributed by atoms with Crippen molar-refractivity contribution in [3.8, 4) is 0 Å². The first-order valence-electron chi connectivity index (χ1n) is 6.36. The highest BCUT2D eigenvalue weighted by Gasteiger charge is 2.10. The summed E-state index contributed by atoms with van der Waals surface area (Å²) in [5, 5.41) is 9.73. The SMILES string of the molecule is Nc1ccc(SCc2ccc3oc(C(=O)O)cc3c2)cc1. The van der Waals surface area contributed by atoms with Crippen molar-refractivity contribution in [2.45, 2.75) is 10.6 Å². The van der Waals surface area contributed by atoms with Crippen LogP contribution in [0.5, 0.6) is 0 Å². The average molecular weight is 299 g/mol. The summed E-state index contributed by atoms with van der Waals surface area (Å²) in [6.07, 6.45) is 0. The largest absolute Gasteiger partial charge is 0.475 e. The van der Waals surface area contributed by atoms with Gasteiger partial charge in [0.2, 0.25) is 5.76 Å². The molecule has 3 rings (SSSR count). The van der Waals surface area contributed by atoms with Crippen LogP contribution in [0.3, 0.4) is 0 Å². The molecule has 0 fully saturated rings. The molecule has 1 heterocycles. The molecule has 106 valence electrons. The Morgan fingerprint density at radius 1 is 1.14 bits per heavy atom. The third kappa shape index (κ3) is 3.03. The van der Waals surface area contributed by atoms with E-state index in [9.17, 15) is 4.79 Å². The predicted octanol–water partition coefficient (Wildman–Crippen LogP) is 4.01. The van der Waals surface area contributed by atoms with Gasteiger partial charge >= 0.3 is 5.97 Å². The number of carbonyl (C=O) groups is 1. The van der Waals surface area contributed by atoms with Gasteiger partial charge in [0.15, 0.2) is 0 Å². The summed E-state index contributed by atoms with van der Waals surface area (Å²) >= 11 is 1.70. The zero-order valence-corrected chi connectivity index (χ0v) is 11.9. The van der Waals surface area contributed by atoms with Gasteiger partial charge < -0.3 is 15.3 Å². The van der Waals surface area contributed by atoms with Crippen LogP contribution in [-0.2, 0) is 5.75 Å². The standard InChI is InChI=1S/C16H13NO3S/c17-12-2-4-13(5-3-12)21-9-10-1-6-14-11(7-10)8-15(20-14)16(18)19/h1-8H,9,17H2,(H,18,19). The second-order valence-corrected chi connectivity index (χ2v) is 5.69. The number of carboxylic acids is 1. The van der Waals surface area contributed by atoms with Crippen molar-refractivity contribution in [1.82, 2.24) is 0 Å². The Hall–Kier alpha value is -2.40. The molecule has 1 aromatic heterocycles. The molecule has 3 N–H and O–H groups in total. The van der Waals surface area contributed by atoms with Crippen LogP contribution in [-0.4, -0.2) is 11.1 Å². The number of furan rings is 1. The minimum absolute atomic E-state index is 0.0339. The Bertz CT molecular complexity index is 793. The van der Waals surface area contributed by atoms with Crippen LogP contribution in [0.15, 0.2) is 57.8 Å². The van der Waals surface area contributed by atoms with E-state index in [2.05, 4.69) is 0 Å². The number of hydrogen-bond donors (Lipinski definition) is 2. The quantitative estimate of drug-likeness (QED) is 0.562. The van der Waals surface area contributed by atoms with Gasteiger partial charge in [-0.15, -0.1) is 11.8 Å². The second-order valence-electron chi connectivity index (χ2n) is 4.65. The summed E-state index contributed by atoms with van der Waals surface area (Å²) < 4.78 is 5.24. The molecule has 3 aromatic rings. The fourth-order valence-electron chi connectivity index (χ4n) is 2.02. The van der Waals surface area contributed by atoms with E-state index in [1.807, 2.05) is 36.4 Å². The molecule has 0 saturated heterocycles. The zero-order valence-electron chi connectivity index (χ0n) is 11.1. The first-order chi connectivity index (χ1) is 10.1. The number of nitrogen functional groups attached to an aromatic ring is 1. The van der Waals surface area contributed by atoms with Crippen LogP contribution in [0.25, 0.3) is 11.0 Å². The summed E-state index contributed by atoms with van der Waals surface area (Å²) in [5.41, 5.74) is 8.11. The molecule has 0 atom stereocenters. The topological polar surface area (TPSA) is 76.5 Å². The van der Waals surface area contributed by atoms with E-state index in [4.69, 9.17) is 15.3 Å². The van der Waals surface area contributed by atoms with Crippen molar-refractivity contribution in [2.75, 3.05) is 5.73 Å². The number of anilines is 1. The maximum absolute atomic E-state index is 10.9. The third-order valence-corrected chi connectivity index (χ3v) is 4.16. The number of benzene rings is 2. The van der Waals surface area contributed by atoms with Crippen LogP contribution in [0.4, 0.5) is 5.69 Å². The van der Waals surface area contributed by atoms with E-state index < -0.39 is 5.97 Å². The summed E-state index contributed by atoms with van der Waals surface area (Å²) in [5.74, 6) is -0.287. The number of thioether (sulfide) groups is 1. The minimum atomic E-state index is -1.05. The zero-order chi connectivity index (χ0) is 14.8. The molecule has 0 radical (unpaired) electrons. The summed E-state index contributed by atoms with van der Waals surface area (Å²) in [7, 11) is 0. The summed E-state index contributed by atoms with van der Waals surface area (Å²) in [6, 6.07) is 15.0. The molecule has 5 heteroatoms. The smallest absolute Gasteiger partial charge is 0.371 e. The Morgan fingerprint density at radius 2 is 1.90 bits per heavy atom. The van der Waals surface area contributed by atoms with Crippen molar-refractivity contribution in [3.63, 3.8) is 0 Å². The van der Waals surface area contributed by atoms with E-state index in [0.29, 0.717) is 5.58 Å². The number of fused-ring (bicyclic) bond motifs is 1. The van der Waals surface area contributed by atoms with E-state index >= 15 is 0 Å². The third-order valence-electron chi connectivity index (χ3n) is 3.08. The maximum atomic E-state index is 10.9. The number of hydrogen-bond acceptors (Lipinski definition) is 4. The highest BCUT2D eigenvalue weighted by molar-refractivity contribution is 7.98. The molecular weight excluding hydrogens is 286 g/mol. The molecule has 0 aliphatic heterocycles. The van der Waals surface area contributed by atoms with Gasteiger partial charge in [-0.2, -0.15) is 0 Å². The Kier molecular flexibility index (Phi) is 3.58. The first kappa shape index (κ1) is 13.6. The van der Waals surface area contributed by atoms with E-state index in [1.54, 1.807) is 23.9 Å². The van der Waals surface area contributed by atoms with Gasteiger partial charge in [0.05, 0.1) is 0 Å². The molecule has 21 heavy (non-hydrogen) atoms. The Labute approximate surface area is 125 Å². The first-order valence-corrected chi connectivity index (χ1v) is 7.34. The van der Waals surface area contributed by atoms with Crippen molar-refractivity contribution in [2.24, 2.45) is 0 Å². The Morgan fingerprint density at radius 3 is 2.62 bits per heavy atom. The number of rotatable bonds is 4. The number of nitrogens with two attached hydrogens (primary N) is 1. The molecule has 0 spiro atoms. The predicted molar refractivity (Wildman–Crippen MR) is 83.6 cm³/mol. The molecule has 0 aliphatic rings. The summed E-state index contributed by atoms with van der Waals surface area (Å²) in [6.45, 7) is 0. The van der Waals surface area contributed by atoms with Crippen molar-refractivity contribution in [3.05, 3.63) is 59.9 Å². The number of carboxylic acid groups (broad SMARTS) is 1. The highest BCUT2D eigenvalue weighted by atomic mass is 32.2. The fraction of sp³-hybridized carbons (Fsp3) is 0.0625. The van der Waals surface area contributed by atoms with Crippen molar-refractivity contribution in [1.29, 1.82) is 0 Å². The van der Waals surface area contributed by atoms with E-state index in [0.717, 1.165) is 27.3 Å². The average Bonchev–Trinajstić information content (AvgIpc) is 2.90. The molecule has 0 unspecified atom stereocenters. The highest BCUT2D eigenvalue weighted by Crippen LogP contribution is 2.26. The lowest BCUT2D eigenvalue weighted by atomic mass is 10.2. The van der Waals surface area contributed by atoms with E-state index in [-0.39, 0.29) is 5.76 Å². The molecule has 2 aromatic carbocycles. The van der Waals surface area contributed by atoms with Crippen LogP contribution in [0, 0.1) is 0 Å². The molecule has 0 amide bonds. The van der Waals surface area contributed by atoms with Gasteiger partial charge in [-0.25, -0.2) is 4.79 Å². The Balaban J connectivity index is 1.77. The van der Waals surface area contributed by atoms with Gasteiger partial charge in [0.1, 0.15) is 5.58 Å². The monoisotopic (exact) mass is 299 g/mol. The fourth-order valence-corrected chi connectivity index (χ4v) is 2.86. The van der Waals surface area contributed by atoms with Gasteiger partial charge in [0.25, 0.3) is 0 Å². The minimum Gasteiger partial charge on any atom is -0.475 e. The molecular formula is C16H13NO3S. The van der Waals surface area contributed by atoms with Crippen LogP contribution >= 0.6 is 11.8 Å². The molecule has 4 nitrogen and oxygen atoms in total. The second kappa shape index (κ2) is 5.54. The van der Waals surface area contributed by atoms with E-state index in [1.165, 1.54) is 0 Å². The van der Waals surface area contributed by atoms with Crippen molar-refractivity contribution < 1.29 is 14.3 Å². The van der Waals surface area contributed by atoms with Crippen molar-refractivity contribution >= 4 is 34.4 Å². The molecule has 0 aliphatic carbocycles. The van der Waals surface area contributed by atoms with Crippen LogP contribution in [0.2, 0.25) is 0 Å². The van der Waals surface area contributed by atoms with Gasteiger partial charge in [-0.05, 0) is 48.0 Å². The van der Waals surface area contributed by atoms with Crippen LogP contribution < -0.4 is 5.73 Å². The lowest BCUT2D eigenvalue weighted by molar-refractivity contribution is 0.0665. The lowest BCUT2D eigenvalue weighted by Crippen LogP contribution is -1.91. The normalized spacial score (nSPS) is 10.9. The lowest BCUT2D eigenvalue weighted by Gasteiger charge is -2.02. The molecule has 0 bridgehead atoms. The van der Waals surface area contributed by atoms with Gasteiger partial charge in [-0.3, -0.25) is 0 Å². The number of aromatic carboxylic acids is 1. The maximum Gasteiger partial charge on any atom is 0.371 e. The molecule has 0 saturated carbocycles.